The van der Waals surface area contributed by atoms with Crippen LogP contribution in [-0.2, 0) is 4.79 Å². The van der Waals surface area contributed by atoms with E-state index in [-0.39, 0.29) is 16.2 Å². The molecule has 0 saturated carbocycles. The molecule has 0 bridgehead atoms. The molecule has 0 saturated heterocycles. The van der Waals surface area contributed by atoms with Crippen LogP contribution < -0.4 is 11.3 Å². The molecule has 1 rings (SSSR count). The van der Waals surface area contributed by atoms with Crippen molar-refractivity contribution in [2.75, 3.05) is 0 Å². The maximum Gasteiger partial charge on any atom is 0.247 e. The summed E-state index contributed by atoms with van der Waals surface area (Å²) in [6, 6.07) is 4.30. The van der Waals surface area contributed by atoms with Gasteiger partial charge in [-0.05, 0) is 25.1 Å². The number of nitrogens with one attached hydrogen (secondary N) is 1. The predicted molar refractivity (Wildman–Crippen MR) is 59.1 cm³/mol. The summed E-state index contributed by atoms with van der Waals surface area (Å²) in [7, 11) is 0. The topological polar surface area (TPSA) is 55.1 Å². The Balaban J connectivity index is 2.73. The molecule has 1 amide bonds. The van der Waals surface area contributed by atoms with E-state index in [1.165, 1.54) is 23.9 Å². The number of carbonyl (C=O) groups is 1. The molecule has 0 aliphatic heterocycles. The van der Waals surface area contributed by atoms with E-state index in [1.807, 2.05) is 5.43 Å². The molecule has 6 heteroatoms. The van der Waals surface area contributed by atoms with Crippen LogP contribution in [0.3, 0.4) is 0 Å². The fourth-order valence-corrected chi connectivity index (χ4v) is 2.09. The average molecular weight is 249 g/mol. The van der Waals surface area contributed by atoms with Crippen LogP contribution in [0.25, 0.3) is 0 Å². The van der Waals surface area contributed by atoms with Gasteiger partial charge in [0.15, 0.2) is 0 Å². The number of thioether (sulfide) groups is 1. The minimum absolute atomic E-state index is 0.0420. The van der Waals surface area contributed by atoms with Crippen molar-refractivity contribution < 1.29 is 9.18 Å². The van der Waals surface area contributed by atoms with E-state index in [2.05, 4.69) is 0 Å². The number of carbonyl (C=O) groups excluding carboxylic acids is 1. The first kappa shape index (κ1) is 12.3. The fourth-order valence-electron chi connectivity index (χ4n) is 0.925. The molecular weight excluding hydrogens is 239 g/mol. The lowest BCUT2D eigenvalue weighted by molar-refractivity contribution is -0.120. The molecule has 1 atom stereocenters. The van der Waals surface area contributed by atoms with Crippen LogP contribution in [0, 0.1) is 5.82 Å². The summed E-state index contributed by atoms with van der Waals surface area (Å²) in [6.45, 7) is 1.70. The highest BCUT2D eigenvalue weighted by Gasteiger charge is 2.13. The number of hydrogen-bond donors (Lipinski definition) is 2. The molecule has 1 unspecified atom stereocenters. The molecule has 0 aromatic heterocycles. The van der Waals surface area contributed by atoms with Crippen LogP contribution in [0.1, 0.15) is 6.92 Å². The van der Waals surface area contributed by atoms with Crippen molar-refractivity contribution in [2.24, 2.45) is 5.84 Å². The first-order valence-corrected chi connectivity index (χ1v) is 5.42. The molecule has 0 fully saturated rings. The largest absolute Gasteiger partial charge is 0.293 e. The zero-order chi connectivity index (χ0) is 11.4. The molecule has 3 nitrogen and oxygen atoms in total. The smallest absolute Gasteiger partial charge is 0.247 e. The van der Waals surface area contributed by atoms with Gasteiger partial charge in [0.1, 0.15) is 5.82 Å². The number of benzene rings is 1. The van der Waals surface area contributed by atoms with Gasteiger partial charge in [0.25, 0.3) is 0 Å². The Hall–Kier alpha value is -0.780. The lowest BCUT2D eigenvalue weighted by atomic mass is 10.3. The third-order valence-electron chi connectivity index (χ3n) is 1.72. The number of amides is 1. The molecule has 1 aromatic rings. The average Bonchev–Trinajstić information content (AvgIpc) is 2.22. The highest BCUT2D eigenvalue weighted by molar-refractivity contribution is 8.00. The Bertz CT molecular complexity index is 375. The number of nitrogens with two attached hydrogens (primary N) is 1. The number of hydrazine groups is 1. The maximum atomic E-state index is 12.8. The fraction of sp³-hybridized carbons (Fsp3) is 0.222. The van der Waals surface area contributed by atoms with Crippen LogP contribution in [0.4, 0.5) is 4.39 Å². The summed E-state index contributed by atoms with van der Waals surface area (Å²) in [5, 5.41) is -0.308. The summed E-state index contributed by atoms with van der Waals surface area (Å²) in [6.07, 6.45) is 0. The van der Waals surface area contributed by atoms with Gasteiger partial charge in [-0.25, -0.2) is 10.2 Å². The second-order valence-electron chi connectivity index (χ2n) is 2.84. The standard InChI is InChI=1S/C9H10ClFN2OS/c1-5(9(14)13-12)15-6-2-3-8(11)7(10)4-6/h2-5H,12H2,1H3,(H,13,14). The number of hydrogen-bond acceptors (Lipinski definition) is 3. The predicted octanol–water partition coefficient (Wildman–Crippen LogP) is 1.95. The van der Waals surface area contributed by atoms with Gasteiger partial charge < -0.3 is 0 Å². The van der Waals surface area contributed by atoms with Crippen molar-refractivity contribution >= 4 is 29.3 Å². The lowest BCUT2D eigenvalue weighted by Crippen LogP contribution is -2.36. The number of halogens is 2. The van der Waals surface area contributed by atoms with Crippen LogP contribution in [0.5, 0.6) is 0 Å². The monoisotopic (exact) mass is 248 g/mol. The molecule has 0 heterocycles. The summed E-state index contributed by atoms with van der Waals surface area (Å²) in [5.41, 5.74) is 2.04. The van der Waals surface area contributed by atoms with Crippen molar-refractivity contribution in [3.8, 4) is 0 Å². The van der Waals surface area contributed by atoms with Crippen molar-refractivity contribution in [1.82, 2.24) is 5.43 Å². The Kier molecular flexibility index (Phi) is 4.38. The molecule has 0 spiro atoms. The summed E-state index contributed by atoms with van der Waals surface area (Å²) in [4.78, 5) is 11.8. The van der Waals surface area contributed by atoms with Gasteiger partial charge >= 0.3 is 0 Å². The quantitative estimate of drug-likeness (QED) is 0.372. The molecule has 15 heavy (non-hydrogen) atoms. The van der Waals surface area contributed by atoms with Gasteiger partial charge in [-0.2, -0.15) is 0 Å². The highest BCUT2D eigenvalue weighted by Crippen LogP contribution is 2.27. The zero-order valence-corrected chi connectivity index (χ0v) is 9.53. The Morgan fingerprint density at radius 2 is 2.33 bits per heavy atom. The van der Waals surface area contributed by atoms with Gasteiger partial charge in [-0.1, -0.05) is 11.6 Å². The summed E-state index contributed by atoms with van der Waals surface area (Å²) < 4.78 is 12.8. The van der Waals surface area contributed by atoms with E-state index in [0.29, 0.717) is 0 Å². The maximum absolute atomic E-state index is 12.8. The van der Waals surface area contributed by atoms with E-state index in [9.17, 15) is 9.18 Å². The van der Waals surface area contributed by atoms with Gasteiger partial charge in [0, 0.05) is 4.90 Å². The van der Waals surface area contributed by atoms with Crippen LogP contribution in [-0.4, -0.2) is 11.2 Å². The van der Waals surface area contributed by atoms with Gasteiger partial charge in [0.2, 0.25) is 5.91 Å². The second kappa shape index (κ2) is 5.34. The third kappa shape index (κ3) is 3.37. The number of rotatable bonds is 3. The molecule has 0 aliphatic rings. The highest BCUT2D eigenvalue weighted by atomic mass is 35.5. The zero-order valence-electron chi connectivity index (χ0n) is 7.96. The molecule has 0 radical (unpaired) electrons. The Morgan fingerprint density at radius 3 is 2.87 bits per heavy atom. The molecule has 0 aliphatic carbocycles. The lowest BCUT2D eigenvalue weighted by Gasteiger charge is -2.09. The Labute approximate surface area is 96.1 Å². The van der Waals surface area contributed by atoms with Gasteiger partial charge in [0.05, 0.1) is 10.3 Å². The van der Waals surface area contributed by atoms with Crippen molar-refractivity contribution in [2.45, 2.75) is 17.1 Å². The molecular formula is C9H10ClFN2OS. The van der Waals surface area contributed by atoms with E-state index in [4.69, 9.17) is 17.4 Å². The minimum Gasteiger partial charge on any atom is -0.293 e. The normalized spacial score (nSPS) is 12.3. The van der Waals surface area contributed by atoms with E-state index >= 15 is 0 Å². The van der Waals surface area contributed by atoms with Crippen LogP contribution >= 0.6 is 23.4 Å². The second-order valence-corrected chi connectivity index (χ2v) is 4.67. The summed E-state index contributed by atoms with van der Waals surface area (Å²) >= 11 is 6.85. The van der Waals surface area contributed by atoms with Gasteiger partial charge in [-0.15, -0.1) is 11.8 Å². The van der Waals surface area contributed by atoms with Crippen molar-refractivity contribution in [3.63, 3.8) is 0 Å². The molecule has 82 valence electrons. The van der Waals surface area contributed by atoms with Gasteiger partial charge in [-0.3, -0.25) is 10.2 Å². The van der Waals surface area contributed by atoms with Crippen LogP contribution in [0.15, 0.2) is 23.1 Å². The van der Waals surface area contributed by atoms with Crippen molar-refractivity contribution in [1.29, 1.82) is 0 Å². The van der Waals surface area contributed by atoms with E-state index in [1.54, 1.807) is 13.0 Å². The first-order chi connectivity index (χ1) is 7.04. The first-order valence-electron chi connectivity index (χ1n) is 4.16. The van der Waals surface area contributed by atoms with Crippen molar-refractivity contribution in [3.05, 3.63) is 29.0 Å². The molecule has 3 N–H and O–H groups in total. The molecule has 1 aromatic carbocycles. The summed E-state index contributed by atoms with van der Waals surface area (Å²) in [5.74, 6) is 4.22. The van der Waals surface area contributed by atoms with Crippen LogP contribution in [0.2, 0.25) is 5.02 Å². The van der Waals surface area contributed by atoms with E-state index < -0.39 is 5.82 Å². The van der Waals surface area contributed by atoms with E-state index in [0.717, 1.165) is 4.90 Å². The minimum atomic E-state index is -0.475. The third-order valence-corrected chi connectivity index (χ3v) is 3.10. The Morgan fingerprint density at radius 1 is 1.67 bits per heavy atom. The SMILES string of the molecule is CC(Sc1ccc(F)c(Cl)c1)C(=O)NN.